The van der Waals surface area contributed by atoms with Gasteiger partial charge in [-0.05, 0) is 31.4 Å². The number of unbranched alkanes of at least 4 members (excludes halogenated alkanes) is 1. The van der Waals surface area contributed by atoms with Crippen molar-refractivity contribution in [2.45, 2.75) is 45.2 Å². The van der Waals surface area contributed by atoms with Crippen molar-refractivity contribution in [1.29, 1.82) is 0 Å². The smallest absolute Gasteiger partial charge is 0.194 e. The average molecular weight is 400 g/mol. The lowest BCUT2D eigenvalue weighted by molar-refractivity contribution is -0.217. The fourth-order valence-corrected chi connectivity index (χ4v) is 3.28. The number of halogens is 3. The van der Waals surface area contributed by atoms with E-state index in [4.69, 9.17) is 18.9 Å². The zero-order valence-electron chi connectivity index (χ0n) is 16.0. The second-order valence-corrected chi connectivity index (χ2v) is 7.31. The van der Waals surface area contributed by atoms with Gasteiger partial charge in [0.05, 0.1) is 26.4 Å². The van der Waals surface area contributed by atoms with E-state index in [1.54, 1.807) is 0 Å². The van der Waals surface area contributed by atoms with Gasteiger partial charge in [-0.1, -0.05) is 25.5 Å². The molecule has 3 rings (SSSR count). The summed E-state index contributed by atoms with van der Waals surface area (Å²) in [5.41, 5.74) is 0.135. The minimum absolute atomic E-state index is 0.135. The first kappa shape index (κ1) is 21.3. The topological polar surface area (TPSA) is 36.9 Å². The molecule has 1 aromatic rings. The van der Waals surface area contributed by atoms with E-state index in [9.17, 15) is 13.2 Å². The van der Waals surface area contributed by atoms with E-state index < -0.39 is 23.7 Å². The summed E-state index contributed by atoms with van der Waals surface area (Å²) in [5, 5.41) is 0. The maximum absolute atomic E-state index is 13.4. The van der Waals surface area contributed by atoms with Crippen molar-refractivity contribution in [3.63, 3.8) is 0 Å². The molecule has 0 amide bonds. The van der Waals surface area contributed by atoms with Crippen LogP contribution in [0.5, 0.6) is 0 Å². The molecule has 2 fully saturated rings. The van der Waals surface area contributed by atoms with Gasteiger partial charge in [0, 0.05) is 17.4 Å². The summed E-state index contributed by atoms with van der Waals surface area (Å²) in [7, 11) is 0. The molecule has 2 aliphatic rings. The van der Waals surface area contributed by atoms with Gasteiger partial charge >= 0.3 is 0 Å². The molecule has 0 atom stereocenters. The lowest BCUT2D eigenvalue weighted by atomic mass is 10.0. The first-order chi connectivity index (χ1) is 13.6. The minimum atomic E-state index is -1.49. The van der Waals surface area contributed by atoms with Crippen LogP contribution in [0.1, 0.15) is 44.5 Å². The van der Waals surface area contributed by atoms with E-state index in [0.717, 1.165) is 37.8 Å². The Morgan fingerprint density at radius 2 is 1.57 bits per heavy atom. The van der Waals surface area contributed by atoms with Gasteiger partial charge in [0.2, 0.25) is 0 Å². The van der Waals surface area contributed by atoms with Crippen LogP contribution in [0.3, 0.4) is 0 Å². The van der Waals surface area contributed by atoms with Crippen LogP contribution < -0.4 is 0 Å². The predicted octanol–water partition coefficient (Wildman–Crippen LogP) is 4.89. The molecule has 2 aliphatic heterocycles. The van der Waals surface area contributed by atoms with E-state index in [1.807, 2.05) is 0 Å². The zero-order chi connectivity index (χ0) is 19.9. The molecule has 2 saturated heterocycles. The van der Waals surface area contributed by atoms with Crippen LogP contribution >= 0.6 is 0 Å². The molecule has 156 valence electrons. The highest BCUT2D eigenvalue weighted by Gasteiger charge is 2.27. The largest absolute Gasteiger partial charge is 0.352 e. The Morgan fingerprint density at radius 1 is 0.929 bits per heavy atom. The molecule has 0 aliphatic carbocycles. The van der Waals surface area contributed by atoms with Crippen LogP contribution in [0.15, 0.2) is 24.3 Å². The average Bonchev–Trinajstić information content (AvgIpc) is 2.71. The Balaban J connectivity index is 1.37. The first-order valence-corrected chi connectivity index (χ1v) is 9.84. The fraction of sp³-hybridized carbons (Fsp3) is 0.619. The molecule has 0 saturated carbocycles. The highest BCUT2D eigenvalue weighted by atomic mass is 19.2. The van der Waals surface area contributed by atoms with E-state index in [-0.39, 0.29) is 17.8 Å². The summed E-state index contributed by atoms with van der Waals surface area (Å²) in [6, 6.07) is 1.80. The van der Waals surface area contributed by atoms with E-state index >= 15 is 0 Å². The van der Waals surface area contributed by atoms with Crippen molar-refractivity contribution in [2.75, 3.05) is 26.4 Å². The second-order valence-electron chi connectivity index (χ2n) is 7.31. The number of rotatable bonds is 7. The Morgan fingerprint density at radius 3 is 2.18 bits per heavy atom. The van der Waals surface area contributed by atoms with E-state index in [0.29, 0.717) is 32.3 Å². The summed E-state index contributed by atoms with van der Waals surface area (Å²) in [6.45, 7) is 4.24. The molecule has 2 heterocycles. The van der Waals surface area contributed by atoms with Crippen LogP contribution in [0.25, 0.3) is 0 Å². The van der Waals surface area contributed by atoms with E-state index in [1.165, 1.54) is 0 Å². The Bertz CT molecular complexity index is 628. The number of hydrogen-bond donors (Lipinski definition) is 0. The molecular formula is C21H27F3O4. The van der Waals surface area contributed by atoms with Gasteiger partial charge in [0.1, 0.15) is 0 Å². The molecule has 0 radical (unpaired) electrons. The maximum Gasteiger partial charge on any atom is 0.194 e. The number of benzene rings is 1. The monoisotopic (exact) mass is 400 g/mol. The summed E-state index contributed by atoms with van der Waals surface area (Å²) < 4.78 is 62.4. The molecular weight excluding hydrogens is 373 g/mol. The van der Waals surface area contributed by atoms with Crippen LogP contribution in [-0.2, 0) is 18.9 Å². The number of allylic oxidation sites excluding steroid dienone is 1. The summed E-state index contributed by atoms with van der Waals surface area (Å²) >= 11 is 0. The fourth-order valence-electron chi connectivity index (χ4n) is 3.28. The normalized spacial score (nSPS) is 28.7. The third-order valence-electron chi connectivity index (χ3n) is 4.91. The van der Waals surface area contributed by atoms with Crippen LogP contribution in [0, 0.1) is 29.3 Å². The molecule has 0 spiro atoms. The van der Waals surface area contributed by atoms with Gasteiger partial charge in [0.25, 0.3) is 0 Å². The number of ether oxygens (including phenoxy) is 4. The van der Waals surface area contributed by atoms with Gasteiger partial charge in [-0.25, -0.2) is 13.2 Å². The highest BCUT2D eigenvalue weighted by Crippen LogP contribution is 2.29. The minimum Gasteiger partial charge on any atom is -0.352 e. The van der Waals surface area contributed by atoms with Gasteiger partial charge < -0.3 is 18.9 Å². The third-order valence-corrected chi connectivity index (χ3v) is 4.91. The van der Waals surface area contributed by atoms with E-state index in [2.05, 4.69) is 19.1 Å². The highest BCUT2D eigenvalue weighted by molar-refractivity contribution is 5.20. The Labute approximate surface area is 163 Å². The lowest BCUT2D eigenvalue weighted by Gasteiger charge is -2.32. The van der Waals surface area contributed by atoms with Crippen LogP contribution in [0.4, 0.5) is 13.2 Å². The van der Waals surface area contributed by atoms with Crippen molar-refractivity contribution in [1.82, 2.24) is 0 Å². The van der Waals surface area contributed by atoms with Crippen molar-refractivity contribution in [2.24, 2.45) is 11.8 Å². The maximum atomic E-state index is 13.4. The van der Waals surface area contributed by atoms with Crippen molar-refractivity contribution < 1.29 is 32.1 Å². The standard InChI is InChI=1S/C21H27F3O4/c1-2-3-4-5-14-10-25-19(26-11-14)7-6-15-12-27-21(28-13-15)16-8-17(22)20(24)18(23)9-16/h4-5,8-9,14-15,19,21H,2-3,6-7,10-13H2,1H3. The SMILES string of the molecule is CCCC=CC1COC(CCC2COC(c3cc(F)c(F)c(F)c3)OC2)OC1. The molecule has 4 nitrogen and oxygen atoms in total. The molecule has 0 aromatic heterocycles. The third kappa shape index (κ3) is 5.80. The van der Waals surface area contributed by atoms with Crippen LogP contribution in [0.2, 0.25) is 0 Å². The quantitative estimate of drug-likeness (QED) is 0.482. The van der Waals surface area contributed by atoms with Crippen LogP contribution in [-0.4, -0.2) is 32.7 Å². The predicted molar refractivity (Wildman–Crippen MR) is 96.9 cm³/mol. The molecule has 0 unspecified atom stereocenters. The molecule has 0 N–H and O–H groups in total. The summed E-state index contributed by atoms with van der Waals surface area (Å²) in [5.74, 6) is -3.55. The molecule has 0 bridgehead atoms. The number of hydrogen-bond acceptors (Lipinski definition) is 4. The zero-order valence-corrected chi connectivity index (χ0v) is 16.0. The second kappa shape index (κ2) is 10.4. The van der Waals surface area contributed by atoms with Gasteiger partial charge in [-0.15, -0.1) is 0 Å². The Kier molecular flexibility index (Phi) is 7.91. The van der Waals surface area contributed by atoms with Gasteiger partial charge in [-0.2, -0.15) is 0 Å². The van der Waals surface area contributed by atoms with Gasteiger partial charge in [0.15, 0.2) is 30.0 Å². The molecule has 7 heteroatoms. The summed E-state index contributed by atoms with van der Waals surface area (Å²) in [6.07, 6.45) is 6.93. The molecule has 28 heavy (non-hydrogen) atoms. The lowest BCUT2D eigenvalue weighted by Crippen LogP contribution is -2.33. The van der Waals surface area contributed by atoms with Crippen molar-refractivity contribution in [3.05, 3.63) is 47.3 Å². The Hall–Kier alpha value is -1.41. The van der Waals surface area contributed by atoms with Crippen molar-refractivity contribution >= 4 is 0 Å². The molecule has 1 aromatic carbocycles. The van der Waals surface area contributed by atoms with Crippen molar-refractivity contribution in [3.8, 4) is 0 Å². The first-order valence-electron chi connectivity index (χ1n) is 9.84. The van der Waals surface area contributed by atoms with Gasteiger partial charge in [-0.3, -0.25) is 0 Å². The summed E-state index contributed by atoms with van der Waals surface area (Å²) in [4.78, 5) is 0.